The smallest absolute Gasteiger partial charge is 0.410 e. The third kappa shape index (κ3) is 2.69. The van der Waals surface area contributed by atoms with Crippen LogP contribution in [0.3, 0.4) is 0 Å². The quantitative estimate of drug-likeness (QED) is 0.721. The molecule has 0 aliphatic carbocycles. The SMILES string of the molecule is CC(N=O)C1(O)CN(C(=O)OC(C)(C)C)C1. The number of carbonyl (C=O) groups is 1. The minimum Gasteiger partial charge on any atom is -0.444 e. The number of β-amino-alcohol motifs (C(OH)–C–C–N with tert-alkyl or cyclic N) is 1. The van der Waals surface area contributed by atoms with E-state index in [1.54, 1.807) is 20.8 Å². The van der Waals surface area contributed by atoms with Gasteiger partial charge in [-0.25, -0.2) is 4.79 Å². The van der Waals surface area contributed by atoms with E-state index in [9.17, 15) is 14.8 Å². The van der Waals surface area contributed by atoms with Crippen LogP contribution in [0.1, 0.15) is 27.7 Å². The summed E-state index contributed by atoms with van der Waals surface area (Å²) in [6.45, 7) is 7.02. The Morgan fingerprint density at radius 2 is 2.00 bits per heavy atom. The first-order valence-electron chi connectivity index (χ1n) is 5.21. The van der Waals surface area contributed by atoms with Crippen molar-refractivity contribution in [3.8, 4) is 0 Å². The van der Waals surface area contributed by atoms with Crippen LogP contribution >= 0.6 is 0 Å². The summed E-state index contributed by atoms with van der Waals surface area (Å²) in [4.78, 5) is 23.2. The average Bonchev–Trinajstić information content (AvgIpc) is 2.08. The summed E-state index contributed by atoms with van der Waals surface area (Å²) in [5.74, 6) is 0. The number of hydrogen-bond acceptors (Lipinski definition) is 5. The van der Waals surface area contributed by atoms with E-state index in [1.807, 2.05) is 0 Å². The fraction of sp³-hybridized carbons (Fsp3) is 0.900. The molecule has 92 valence electrons. The Balaban J connectivity index is 2.47. The second kappa shape index (κ2) is 4.01. The second-order valence-corrected chi connectivity index (χ2v) is 5.22. The zero-order valence-corrected chi connectivity index (χ0v) is 10.1. The number of ether oxygens (including phenoxy) is 1. The zero-order valence-electron chi connectivity index (χ0n) is 10.1. The van der Waals surface area contributed by atoms with Gasteiger partial charge in [-0.15, -0.1) is 0 Å². The standard InChI is InChI=1S/C10H18N2O4/c1-7(11-15)10(14)5-12(6-10)8(13)16-9(2,3)4/h7,14H,5-6H2,1-4H3. The van der Waals surface area contributed by atoms with Crippen molar-refractivity contribution in [3.63, 3.8) is 0 Å². The minimum absolute atomic E-state index is 0.0921. The summed E-state index contributed by atoms with van der Waals surface area (Å²) in [5, 5.41) is 12.6. The van der Waals surface area contributed by atoms with Gasteiger partial charge in [0.2, 0.25) is 0 Å². The first-order valence-corrected chi connectivity index (χ1v) is 5.21. The lowest BCUT2D eigenvalue weighted by molar-refractivity contribution is -0.108. The molecular formula is C10H18N2O4. The number of carbonyl (C=O) groups excluding carboxylic acids is 1. The fourth-order valence-corrected chi connectivity index (χ4v) is 1.43. The maximum atomic E-state index is 11.5. The number of amides is 1. The van der Waals surface area contributed by atoms with Crippen LogP contribution in [0.2, 0.25) is 0 Å². The largest absolute Gasteiger partial charge is 0.444 e. The molecule has 0 bridgehead atoms. The molecule has 0 radical (unpaired) electrons. The van der Waals surface area contributed by atoms with Crippen molar-refractivity contribution >= 4 is 6.09 Å². The van der Waals surface area contributed by atoms with Gasteiger partial charge < -0.3 is 14.7 Å². The zero-order chi connectivity index (χ0) is 12.6. The molecule has 1 rings (SSSR count). The van der Waals surface area contributed by atoms with E-state index in [-0.39, 0.29) is 13.1 Å². The van der Waals surface area contributed by atoms with Crippen LogP contribution in [-0.2, 0) is 4.74 Å². The molecule has 1 aliphatic heterocycles. The van der Waals surface area contributed by atoms with Gasteiger partial charge in [0.25, 0.3) is 0 Å². The van der Waals surface area contributed by atoms with Gasteiger partial charge in [-0.05, 0) is 27.7 Å². The highest BCUT2D eigenvalue weighted by atomic mass is 16.6. The third-order valence-electron chi connectivity index (χ3n) is 2.52. The third-order valence-corrected chi connectivity index (χ3v) is 2.52. The van der Waals surface area contributed by atoms with E-state index >= 15 is 0 Å². The molecule has 1 amide bonds. The van der Waals surface area contributed by atoms with Gasteiger partial charge in [0.05, 0.1) is 13.1 Å². The van der Waals surface area contributed by atoms with Gasteiger partial charge in [-0.1, -0.05) is 5.18 Å². The van der Waals surface area contributed by atoms with Gasteiger partial charge in [0.15, 0.2) is 0 Å². The molecule has 0 aromatic rings. The second-order valence-electron chi connectivity index (χ2n) is 5.22. The molecule has 1 unspecified atom stereocenters. The predicted molar refractivity (Wildman–Crippen MR) is 58.0 cm³/mol. The molecule has 0 spiro atoms. The van der Waals surface area contributed by atoms with Crippen molar-refractivity contribution in [2.24, 2.45) is 5.18 Å². The van der Waals surface area contributed by atoms with Crippen molar-refractivity contribution in [2.75, 3.05) is 13.1 Å². The molecule has 0 saturated carbocycles. The van der Waals surface area contributed by atoms with Crippen LogP contribution in [0.4, 0.5) is 4.79 Å². The first-order chi connectivity index (χ1) is 7.18. The van der Waals surface area contributed by atoms with Crippen molar-refractivity contribution < 1.29 is 14.6 Å². The molecule has 1 fully saturated rings. The van der Waals surface area contributed by atoms with Gasteiger partial charge in [-0.3, -0.25) is 0 Å². The Morgan fingerprint density at radius 3 is 2.38 bits per heavy atom. The van der Waals surface area contributed by atoms with Crippen molar-refractivity contribution in [3.05, 3.63) is 4.91 Å². The summed E-state index contributed by atoms with van der Waals surface area (Å²) >= 11 is 0. The van der Waals surface area contributed by atoms with Gasteiger partial charge in [0, 0.05) is 0 Å². The molecule has 1 aliphatic rings. The number of aliphatic hydroxyl groups is 1. The van der Waals surface area contributed by atoms with Crippen molar-refractivity contribution in [1.29, 1.82) is 0 Å². The first kappa shape index (κ1) is 12.9. The Bertz CT molecular complexity index is 292. The summed E-state index contributed by atoms with van der Waals surface area (Å²) in [6, 6.07) is -0.716. The monoisotopic (exact) mass is 230 g/mol. The Kier molecular flexibility index (Phi) is 3.23. The van der Waals surface area contributed by atoms with Crippen molar-refractivity contribution in [2.45, 2.75) is 44.9 Å². The number of nitrogens with zero attached hydrogens (tertiary/aromatic N) is 2. The number of hydrogen-bond donors (Lipinski definition) is 1. The summed E-state index contributed by atoms with van der Waals surface area (Å²) in [6.07, 6.45) is -0.477. The van der Waals surface area contributed by atoms with Crippen LogP contribution < -0.4 is 0 Å². The van der Waals surface area contributed by atoms with E-state index in [1.165, 1.54) is 11.8 Å². The highest BCUT2D eigenvalue weighted by Gasteiger charge is 2.49. The van der Waals surface area contributed by atoms with E-state index in [0.717, 1.165) is 0 Å². The Hall–Kier alpha value is -1.17. The molecule has 0 aromatic heterocycles. The van der Waals surface area contributed by atoms with E-state index in [0.29, 0.717) is 0 Å². The van der Waals surface area contributed by atoms with Crippen molar-refractivity contribution in [1.82, 2.24) is 4.90 Å². The minimum atomic E-state index is -1.20. The van der Waals surface area contributed by atoms with Gasteiger partial charge in [0.1, 0.15) is 17.2 Å². The van der Waals surface area contributed by atoms with Gasteiger partial charge in [-0.2, -0.15) is 4.91 Å². The fourth-order valence-electron chi connectivity index (χ4n) is 1.43. The van der Waals surface area contributed by atoms with Crippen LogP contribution in [0.15, 0.2) is 5.18 Å². The molecule has 1 atom stereocenters. The van der Waals surface area contributed by atoms with Crippen LogP contribution in [0, 0.1) is 4.91 Å². The highest BCUT2D eigenvalue weighted by Crippen LogP contribution is 2.27. The van der Waals surface area contributed by atoms with Crippen LogP contribution in [0.25, 0.3) is 0 Å². The van der Waals surface area contributed by atoms with E-state index in [4.69, 9.17) is 4.74 Å². The van der Waals surface area contributed by atoms with Gasteiger partial charge >= 0.3 is 6.09 Å². The van der Waals surface area contributed by atoms with E-state index in [2.05, 4.69) is 5.18 Å². The molecule has 1 N–H and O–H groups in total. The van der Waals surface area contributed by atoms with E-state index < -0.39 is 23.3 Å². The normalized spacial score (nSPS) is 20.9. The van der Waals surface area contributed by atoms with Crippen LogP contribution in [-0.4, -0.2) is 46.4 Å². The number of likely N-dealkylation sites (tertiary alicyclic amines) is 1. The lowest BCUT2D eigenvalue weighted by Crippen LogP contribution is -2.68. The Labute approximate surface area is 94.5 Å². The van der Waals surface area contributed by atoms with Crippen LogP contribution in [0.5, 0.6) is 0 Å². The molecule has 6 nitrogen and oxygen atoms in total. The molecule has 16 heavy (non-hydrogen) atoms. The number of nitroso groups, excluding NO2 is 1. The molecule has 6 heteroatoms. The molecule has 1 saturated heterocycles. The summed E-state index contributed by atoms with van der Waals surface area (Å²) in [7, 11) is 0. The lowest BCUT2D eigenvalue weighted by atomic mass is 9.88. The maximum absolute atomic E-state index is 11.5. The highest BCUT2D eigenvalue weighted by molar-refractivity contribution is 5.69. The molecule has 1 heterocycles. The maximum Gasteiger partial charge on any atom is 0.410 e. The topological polar surface area (TPSA) is 79.2 Å². The molecular weight excluding hydrogens is 212 g/mol. The summed E-state index contributed by atoms with van der Waals surface area (Å²) in [5.41, 5.74) is -1.75. The predicted octanol–water partition coefficient (Wildman–Crippen LogP) is 1.12. The lowest BCUT2D eigenvalue weighted by Gasteiger charge is -2.47. The summed E-state index contributed by atoms with van der Waals surface area (Å²) < 4.78 is 5.12. The molecule has 0 aromatic carbocycles. The average molecular weight is 230 g/mol. The number of rotatable bonds is 2. The Morgan fingerprint density at radius 1 is 1.50 bits per heavy atom.